The Morgan fingerprint density at radius 1 is 1.05 bits per heavy atom. The number of nitrogens with one attached hydrogen (secondary N) is 1. The fourth-order valence-electron chi connectivity index (χ4n) is 2.44. The highest BCUT2D eigenvalue weighted by Crippen LogP contribution is 2.27. The predicted molar refractivity (Wildman–Crippen MR) is 87.1 cm³/mol. The molecule has 2 rings (SSSR count). The Labute approximate surface area is 126 Å². The number of anilines is 1. The van der Waals surface area contributed by atoms with Crippen molar-refractivity contribution in [2.45, 2.75) is 26.9 Å². The molecule has 3 heteroatoms. The third-order valence-corrected chi connectivity index (χ3v) is 3.61. The third kappa shape index (κ3) is 3.76. The molecule has 3 nitrogen and oxygen atoms in total. The molecule has 1 atom stereocenters. The quantitative estimate of drug-likeness (QED) is 0.878. The number of aryl methyl sites for hydroxylation is 3. The van der Waals surface area contributed by atoms with Crippen molar-refractivity contribution >= 4 is 5.69 Å². The Kier molecular flexibility index (Phi) is 4.86. The van der Waals surface area contributed by atoms with Gasteiger partial charge in [-0.05, 0) is 44.5 Å². The molecule has 112 valence electrons. The zero-order valence-electron chi connectivity index (χ0n) is 13.1. The minimum atomic E-state index is -0.611. The molecule has 0 spiro atoms. The van der Waals surface area contributed by atoms with E-state index in [1.165, 1.54) is 11.1 Å². The van der Waals surface area contributed by atoms with Gasteiger partial charge in [0, 0.05) is 17.8 Å². The van der Waals surface area contributed by atoms with Crippen molar-refractivity contribution in [2.24, 2.45) is 0 Å². The van der Waals surface area contributed by atoms with Crippen LogP contribution >= 0.6 is 0 Å². The van der Waals surface area contributed by atoms with E-state index in [0.717, 1.165) is 22.6 Å². The smallest absolute Gasteiger partial charge is 0.124 e. The number of aliphatic hydroxyl groups excluding tert-OH is 1. The summed E-state index contributed by atoms with van der Waals surface area (Å²) in [5.41, 5.74) is 5.38. The van der Waals surface area contributed by atoms with Crippen LogP contribution < -0.4 is 10.1 Å². The minimum Gasteiger partial charge on any atom is -0.496 e. The van der Waals surface area contributed by atoms with E-state index in [1.807, 2.05) is 31.2 Å². The fourth-order valence-corrected chi connectivity index (χ4v) is 2.44. The molecular weight excluding hydrogens is 262 g/mol. The summed E-state index contributed by atoms with van der Waals surface area (Å²) in [5.74, 6) is 0.718. The molecule has 0 fully saturated rings. The van der Waals surface area contributed by atoms with Crippen LogP contribution in [0.15, 0.2) is 36.4 Å². The van der Waals surface area contributed by atoms with Crippen LogP contribution in [-0.4, -0.2) is 18.8 Å². The molecule has 2 N–H and O–H groups in total. The van der Waals surface area contributed by atoms with E-state index in [2.05, 4.69) is 31.3 Å². The molecule has 2 aromatic rings. The standard InChI is InChI=1S/C18H23NO2/c1-12-5-7-16(14(3)9-12)19-11-17(20)15-10-13(2)6-8-18(15)21-4/h5-10,17,19-20H,11H2,1-4H3. The van der Waals surface area contributed by atoms with Gasteiger partial charge >= 0.3 is 0 Å². The highest BCUT2D eigenvalue weighted by molar-refractivity contribution is 5.52. The van der Waals surface area contributed by atoms with Crippen molar-refractivity contribution in [3.05, 3.63) is 58.7 Å². The first-order valence-corrected chi connectivity index (χ1v) is 7.15. The van der Waals surface area contributed by atoms with Crippen molar-refractivity contribution in [1.82, 2.24) is 0 Å². The molecule has 0 heterocycles. The lowest BCUT2D eigenvalue weighted by Gasteiger charge is -2.18. The summed E-state index contributed by atoms with van der Waals surface area (Å²) >= 11 is 0. The molecule has 2 aromatic carbocycles. The van der Waals surface area contributed by atoms with Crippen molar-refractivity contribution < 1.29 is 9.84 Å². The largest absolute Gasteiger partial charge is 0.496 e. The van der Waals surface area contributed by atoms with Crippen LogP contribution in [0.4, 0.5) is 5.69 Å². The van der Waals surface area contributed by atoms with Gasteiger partial charge in [0.15, 0.2) is 0 Å². The van der Waals surface area contributed by atoms with Gasteiger partial charge in [-0.15, -0.1) is 0 Å². The number of hydrogen-bond acceptors (Lipinski definition) is 3. The maximum atomic E-state index is 10.4. The number of aliphatic hydroxyl groups is 1. The van der Waals surface area contributed by atoms with Gasteiger partial charge < -0.3 is 15.2 Å². The van der Waals surface area contributed by atoms with Crippen LogP contribution in [0, 0.1) is 20.8 Å². The maximum Gasteiger partial charge on any atom is 0.124 e. The molecule has 0 saturated carbocycles. The Hall–Kier alpha value is -2.00. The van der Waals surface area contributed by atoms with Gasteiger partial charge in [0.25, 0.3) is 0 Å². The Morgan fingerprint density at radius 2 is 1.71 bits per heavy atom. The van der Waals surface area contributed by atoms with Gasteiger partial charge in [-0.25, -0.2) is 0 Å². The molecule has 0 bridgehead atoms. The molecule has 1 unspecified atom stereocenters. The fraction of sp³-hybridized carbons (Fsp3) is 0.333. The van der Waals surface area contributed by atoms with Crippen LogP contribution in [0.5, 0.6) is 5.75 Å². The van der Waals surface area contributed by atoms with E-state index in [4.69, 9.17) is 4.74 Å². The van der Waals surface area contributed by atoms with Crippen molar-refractivity contribution in [3.63, 3.8) is 0 Å². The third-order valence-electron chi connectivity index (χ3n) is 3.61. The van der Waals surface area contributed by atoms with Crippen LogP contribution in [-0.2, 0) is 0 Å². The first-order valence-electron chi connectivity index (χ1n) is 7.15. The van der Waals surface area contributed by atoms with Gasteiger partial charge in [-0.3, -0.25) is 0 Å². The molecule has 0 aliphatic rings. The summed E-state index contributed by atoms with van der Waals surface area (Å²) in [7, 11) is 1.62. The molecular formula is C18H23NO2. The molecule has 0 amide bonds. The Morgan fingerprint density at radius 3 is 2.38 bits per heavy atom. The first kappa shape index (κ1) is 15.4. The SMILES string of the molecule is COc1ccc(C)cc1C(O)CNc1ccc(C)cc1C. The summed E-state index contributed by atoms with van der Waals surface area (Å²) in [6.45, 7) is 6.59. The number of ether oxygens (including phenoxy) is 1. The highest BCUT2D eigenvalue weighted by atomic mass is 16.5. The summed E-state index contributed by atoms with van der Waals surface area (Å²) in [5, 5.41) is 13.7. The maximum absolute atomic E-state index is 10.4. The van der Waals surface area contributed by atoms with Crippen LogP contribution in [0.2, 0.25) is 0 Å². The van der Waals surface area contributed by atoms with Crippen LogP contribution in [0.25, 0.3) is 0 Å². The lowest BCUT2D eigenvalue weighted by Crippen LogP contribution is -2.14. The summed E-state index contributed by atoms with van der Waals surface area (Å²) in [6, 6.07) is 12.1. The lowest BCUT2D eigenvalue weighted by atomic mass is 10.0. The molecule has 0 aliphatic heterocycles. The van der Waals surface area contributed by atoms with Gasteiger partial charge in [0.2, 0.25) is 0 Å². The van der Waals surface area contributed by atoms with Crippen LogP contribution in [0.3, 0.4) is 0 Å². The number of methoxy groups -OCH3 is 1. The zero-order valence-corrected chi connectivity index (χ0v) is 13.1. The monoisotopic (exact) mass is 285 g/mol. The van der Waals surface area contributed by atoms with E-state index in [9.17, 15) is 5.11 Å². The predicted octanol–water partition coefficient (Wildman–Crippen LogP) is 3.77. The van der Waals surface area contributed by atoms with Crippen molar-refractivity contribution in [3.8, 4) is 5.75 Å². The van der Waals surface area contributed by atoms with Crippen molar-refractivity contribution in [1.29, 1.82) is 0 Å². The number of hydrogen-bond donors (Lipinski definition) is 2. The minimum absolute atomic E-state index is 0.448. The Balaban J connectivity index is 2.11. The van der Waals surface area contributed by atoms with E-state index < -0.39 is 6.10 Å². The van der Waals surface area contributed by atoms with Gasteiger partial charge in [-0.2, -0.15) is 0 Å². The summed E-state index contributed by atoms with van der Waals surface area (Å²) in [4.78, 5) is 0. The van der Waals surface area contributed by atoms with E-state index in [-0.39, 0.29) is 0 Å². The summed E-state index contributed by atoms with van der Waals surface area (Å²) < 4.78 is 5.33. The van der Waals surface area contributed by atoms with E-state index in [1.54, 1.807) is 7.11 Å². The molecule has 21 heavy (non-hydrogen) atoms. The van der Waals surface area contributed by atoms with E-state index in [0.29, 0.717) is 6.54 Å². The number of benzene rings is 2. The summed E-state index contributed by atoms with van der Waals surface area (Å²) in [6.07, 6.45) is -0.611. The Bertz CT molecular complexity index is 623. The van der Waals surface area contributed by atoms with Crippen LogP contribution in [0.1, 0.15) is 28.4 Å². The van der Waals surface area contributed by atoms with E-state index >= 15 is 0 Å². The van der Waals surface area contributed by atoms with Crippen molar-refractivity contribution in [2.75, 3.05) is 19.0 Å². The molecule has 0 radical (unpaired) electrons. The number of rotatable bonds is 5. The second-order valence-electron chi connectivity index (χ2n) is 5.46. The second kappa shape index (κ2) is 6.64. The average molecular weight is 285 g/mol. The normalized spacial score (nSPS) is 12.0. The average Bonchev–Trinajstić information content (AvgIpc) is 2.46. The molecule has 0 saturated heterocycles. The van der Waals surface area contributed by atoms with Gasteiger partial charge in [0.1, 0.15) is 5.75 Å². The second-order valence-corrected chi connectivity index (χ2v) is 5.46. The molecule has 0 aliphatic carbocycles. The van der Waals surface area contributed by atoms with Gasteiger partial charge in [-0.1, -0.05) is 29.3 Å². The topological polar surface area (TPSA) is 41.5 Å². The zero-order chi connectivity index (χ0) is 15.4. The van der Waals surface area contributed by atoms with Gasteiger partial charge in [0.05, 0.1) is 13.2 Å². The first-order chi connectivity index (χ1) is 10.0. The molecule has 0 aromatic heterocycles. The highest BCUT2D eigenvalue weighted by Gasteiger charge is 2.13. The lowest BCUT2D eigenvalue weighted by molar-refractivity contribution is 0.187.